The second-order valence-corrected chi connectivity index (χ2v) is 12.1. The molecule has 2 aromatic carbocycles. The van der Waals surface area contributed by atoms with Crippen LogP contribution in [0, 0.1) is 17.8 Å². The first kappa shape index (κ1) is 27.9. The summed E-state index contributed by atoms with van der Waals surface area (Å²) >= 11 is 0. The summed E-state index contributed by atoms with van der Waals surface area (Å²) in [6.45, 7) is 4.34. The number of likely N-dealkylation sites (N-methyl/N-ethyl adjacent to an activating group) is 1. The van der Waals surface area contributed by atoms with Gasteiger partial charge in [-0.1, -0.05) is 38.5 Å². The van der Waals surface area contributed by atoms with Crippen molar-refractivity contribution in [1.82, 2.24) is 4.90 Å². The van der Waals surface area contributed by atoms with Crippen LogP contribution < -0.4 is 5.73 Å². The van der Waals surface area contributed by atoms with Crippen LogP contribution in [0.2, 0.25) is 0 Å². The molecule has 9 nitrogen and oxygen atoms in total. The fourth-order valence-corrected chi connectivity index (χ4v) is 6.93. The number of primary amides is 1. The number of carbonyl (C=O) groups is 3. The molecule has 4 atom stereocenters. The number of carbonyl (C=O) groups excluding carboxylic acids is 3. The van der Waals surface area contributed by atoms with Gasteiger partial charge in [-0.3, -0.25) is 19.3 Å². The maximum absolute atomic E-state index is 14.0. The summed E-state index contributed by atoms with van der Waals surface area (Å²) < 4.78 is 0. The molecule has 2 aromatic rings. The van der Waals surface area contributed by atoms with Crippen LogP contribution in [0.1, 0.15) is 49.8 Å². The fourth-order valence-electron chi connectivity index (χ4n) is 6.93. The van der Waals surface area contributed by atoms with E-state index in [2.05, 4.69) is 13.8 Å². The van der Waals surface area contributed by atoms with E-state index < -0.39 is 58.0 Å². The van der Waals surface area contributed by atoms with Gasteiger partial charge in [0.15, 0.2) is 11.4 Å². The second-order valence-electron chi connectivity index (χ2n) is 12.1. The van der Waals surface area contributed by atoms with Gasteiger partial charge in [-0.25, -0.2) is 0 Å². The number of Topliss-reactive ketones (excluding diaryl/α,β-unsaturated/α-hetero) is 2. The Morgan fingerprint density at radius 2 is 1.85 bits per heavy atom. The number of nitrogens with zero attached hydrogens (tertiary/aromatic N) is 1. The molecule has 0 spiro atoms. The van der Waals surface area contributed by atoms with Crippen molar-refractivity contribution in [3.8, 4) is 5.75 Å². The number of rotatable bonds is 6. The zero-order chi connectivity index (χ0) is 29.3. The van der Waals surface area contributed by atoms with Gasteiger partial charge in [0, 0.05) is 16.9 Å². The Labute approximate surface area is 232 Å². The largest absolute Gasteiger partial charge is 0.508 e. The molecule has 0 saturated heterocycles. The van der Waals surface area contributed by atoms with Crippen molar-refractivity contribution in [3.63, 3.8) is 0 Å². The number of ketones is 2. The average Bonchev–Trinajstić information content (AvgIpc) is 2.86. The standard InChI is InChI=1S/C31H36N2O7/c1-14(2)6-5-7-15-8-9-16-11-17-12-18-13-20-24(33(3)4)27(36)23(30(32)39)29(38)31(20,40)28(37)22(18)26(35)21(17)25(34)19(16)10-15/h8-11,14,18,20,24,34-35,38,40H,5-7,12-13H2,1-4H3,(H2,32,39)/t18-,20-,24-,31-/m0/s1. The van der Waals surface area contributed by atoms with Gasteiger partial charge in [0.05, 0.1) is 11.6 Å². The van der Waals surface area contributed by atoms with E-state index in [-0.39, 0.29) is 29.7 Å². The zero-order valence-corrected chi connectivity index (χ0v) is 23.2. The van der Waals surface area contributed by atoms with Gasteiger partial charge in [-0.2, -0.15) is 0 Å². The first-order valence-electron chi connectivity index (χ1n) is 13.7. The average molecular weight is 549 g/mol. The number of aliphatic hydroxyl groups is 3. The molecule has 40 heavy (non-hydrogen) atoms. The summed E-state index contributed by atoms with van der Waals surface area (Å²) in [7, 11) is 3.16. The van der Waals surface area contributed by atoms with E-state index in [0.717, 1.165) is 30.2 Å². The third-order valence-corrected chi connectivity index (χ3v) is 8.84. The number of hydrogen-bond acceptors (Lipinski definition) is 8. The van der Waals surface area contributed by atoms with Gasteiger partial charge >= 0.3 is 0 Å². The predicted octanol–water partition coefficient (Wildman–Crippen LogP) is 3.10. The van der Waals surface area contributed by atoms with E-state index in [1.807, 2.05) is 24.3 Å². The molecule has 0 aliphatic heterocycles. The first-order chi connectivity index (χ1) is 18.8. The molecule has 1 amide bonds. The van der Waals surface area contributed by atoms with E-state index in [0.29, 0.717) is 16.9 Å². The summed E-state index contributed by atoms with van der Waals surface area (Å²) in [5, 5.41) is 46.8. The number of phenolic OH excluding ortho intramolecular Hbond substituents is 1. The van der Waals surface area contributed by atoms with E-state index in [1.165, 1.54) is 4.90 Å². The SMILES string of the molecule is CC(C)CCCc1ccc2cc3c(c(O)c2c1)C(O)=C1C(=O)[C@]2(O)C(O)=C(C(N)=O)C(=O)[C@@H](N(C)C)[C@@H]2C[C@@H]1C3. The van der Waals surface area contributed by atoms with Gasteiger partial charge < -0.3 is 26.2 Å². The number of nitrogens with two attached hydrogens (primary N) is 1. The number of amides is 1. The number of aromatic hydroxyl groups is 1. The molecular weight excluding hydrogens is 512 g/mol. The van der Waals surface area contributed by atoms with Crippen LogP contribution in [0.4, 0.5) is 0 Å². The van der Waals surface area contributed by atoms with Crippen molar-refractivity contribution in [1.29, 1.82) is 0 Å². The Morgan fingerprint density at radius 1 is 1.15 bits per heavy atom. The lowest BCUT2D eigenvalue weighted by molar-refractivity contribution is -0.153. The third-order valence-electron chi connectivity index (χ3n) is 8.84. The normalized spacial score (nSPS) is 26.4. The molecular formula is C31H36N2O7. The molecule has 5 rings (SSSR count). The van der Waals surface area contributed by atoms with Crippen LogP contribution in [-0.4, -0.2) is 68.5 Å². The number of aryl methyl sites for hydroxylation is 1. The molecule has 0 radical (unpaired) electrons. The van der Waals surface area contributed by atoms with Crippen LogP contribution in [0.3, 0.4) is 0 Å². The van der Waals surface area contributed by atoms with Crippen molar-refractivity contribution in [2.75, 3.05) is 14.1 Å². The molecule has 3 aliphatic rings. The number of benzene rings is 2. The lowest BCUT2D eigenvalue weighted by Crippen LogP contribution is -2.65. The maximum atomic E-state index is 14.0. The smallest absolute Gasteiger partial charge is 0.255 e. The molecule has 3 aliphatic carbocycles. The highest BCUT2D eigenvalue weighted by molar-refractivity contribution is 6.24. The quantitative estimate of drug-likeness (QED) is 0.344. The van der Waals surface area contributed by atoms with E-state index in [9.17, 15) is 34.8 Å². The summed E-state index contributed by atoms with van der Waals surface area (Å²) in [5.41, 5.74) is 3.58. The zero-order valence-electron chi connectivity index (χ0n) is 23.2. The summed E-state index contributed by atoms with van der Waals surface area (Å²) in [6.07, 6.45) is 3.26. The summed E-state index contributed by atoms with van der Waals surface area (Å²) in [5.74, 6) is -5.83. The first-order valence-corrected chi connectivity index (χ1v) is 13.7. The monoisotopic (exact) mass is 548 g/mol. The highest BCUT2D eigenvalue weighted by atomic mass is 16.3. The maximum Gasteiger partial charge on any atom is 0.255 e. The molecule has 0 bridgehead atoms. The van der Waals surface area contributed by atoms with Crippen LogP contribution in [0.25, 0.3) is 16.5 Å². The van der Waals surface area contributed by atoms with Gasteiger partial charge in [0.25, 0.3) is 5.91 Å². The van der Waals surface area contributed by atoms with Crippen molar-refractivity contribution >= 4 is 34.0 Å². The third kappa shape index (κ3) is 4.02. The molecule has 0 unspecified atom stereocenters. The number of aliphatic hydroxyl groups excluding tert-OH is 2. The van der Waals surface area contributed by atoms with Gasteiger partial charge in [0.1, 0.15) is 22.8 Å². The second kappa shape index (κ2) is 9.74. The topological polar surface area (TPSA) is 161 Å². The van der Waals surface area contributed by atoms with Crippen LogP contribution in [-0.2, 0) is 27.2 Å². The van der Waals surface area contributed by atoms with Crippen molar-refractivity contribution in [2.24, 2.45) is 23.5 Å². The van der Waals surface area contributed by atoms with Gasteiger partial charge in [-0.05, 0) is 74.2 Å². The number of hydrogen-bond donors (Lipinski definition) is 5. The van der Waals surface area contributed by atoms with E-state index in [1.54, 1.807) is 14.1 Å². The van der Waals surface area contributed by atoms with Crippen molar-refractivity contribution < 1.29 is 34.8 Å². The van der Waals surface area contributed by atoms with E-state index >= 15 is 0 Å². The van der Waals surface area contributed by atoms with Crippen LogP contribution >= 0.6 is 0 Å². The van der Waals surface area contributed by atoms with Crippen LogP contribution in [0.15, 0.2) is 41.2 Å². The van der Waals surface area contributed by atoms with Crippen molar-refractivity contribution in [2.45, 2.75) is 57.6 Å². The number of phenols is 1. The Bertz CT molecular complexity index is 1520. The Balaban J connectivity index is 1.64. The molecule has 212 valence electrons. The molecule has 0 heterocycles. The summed E-state index contributed by atoms with van der Waals surface area (Å²) in [4.78, 5) is 40.8. The molecule has 6 N–H and O–H groups in total. The minimum Gasteiger partial charge on any atom is -0.508 e. The fraction of sp³-hybridized carbons (Fsp3) is 0.452. The molecule has 9 heteroatoms. The van der Waals surface area contributed by atoms with Crippen LogP contribution in [0.5, 0.6) is 5.75 Å². The van der Waals surface area contributed by atoms with Gasteiger partial charge in [0.2, 0.25) is 5.78 Å². The highest BCUT2D eigenvalue weighted by Gasteiger charge is 2.64. The van der Waals surface area contributed by atoms with E-state index in [4.69, 9.17) is 5.73 Å². The molecule has 1 fully saturated rings. The minimum atomic E-state index is -2.64. The minimum absolute atomic E-state index is 0.0688. The summed E-state index contributed by atoms with van der Waals surface area (Å²) in [6, 6.07) is 6.65. The predicted molar refractivity (Wildman–Crippen MR) is 150 cm³/mol. The number of fused-ring (bicyclic) bond motifs is 4. The lowest BCUT2D eigenvalue weighted by atomic mass is 9.57. The lowest BCUT2D eigenvalue weighted by Gasteiger charge is -2.50. The Kier molecular flexibility index (Phi) is 6.79. The van der Waals surface area contributed by atoms with Crippen molar-refractivity contribution in [3.05, 3.63) is 57.9 Å². The van der Waals surface area contributed by atoms with Gasteiger partial charge in [-0.15, -0.1) is 0 Å². The Hall–Kier alpha value is -3.69. The highest BCUT2D eigenvalue weighted by Crippen LogP contribution is 2.53. The molecule has 1 saturated carbocycles. The molecule has 0 aromatic heterocycles. The Morgan fingerprint density at radius 3 is 2.48 bits per heavy atom.